The second-order valence-corrected chi connectivity index (χ2v) is 3.85. The van der Waals surface area contributed by atoms with Crippen molar-refractivity contribution in [1.29, 1.82) is 0 Å². The third-order valence-corrected chi connectivity index (χ3v) is 2.98. The molecule has 15 heavy (non-hydrogen) atoms. The Bertz CT molecular complexity index is 319. The molecular weight excluding hydrogens is 194 g/mol. The summed E-state index contributed by atoms with van der Waals surface area (Å²) in [5.41, 5.74) is 5.30. The zero-order valence-corrected chi connectivity index (χ0v) is 9.06. The fourth-order valence-corrected chi connectivity index (χ4v) is 1.93. The summed E-state index contributed by atoms with van der Waals surface area (Å²) < 4.78 is 5.31. The van der Waals surface area contributed by atoms with Crippen LogP contribution in [0.25, 0.3) is 0 Å². The van der Waals surface area contributed by atoms with Crippen LogP contribution in [0, 0.1) is 0 Å². The molecule has 3 N–H and O–H groups in total. The van der Waals surface area contributed by atoms with Gasteiger partial charge in [0.05, 0.1) is 18.1 Å². The Morgan fingerprint density at radius 3 is 2.73 bits per heavy atom. The van der Waals surface area contributed by atoms with Crippen molar-refractivity contribution < 1.29 is 14.3 Å². The van der Waals surface area contributed by atoms with Crippen molar-refractivity contribution >= 4 is 5.97 Å². The quantitative estimate of drug-likeness (QED) is 0.777. The van der Waals surface area contributed by atoms with E-state index in [0.29, 0.717) is 12.2 Å². The van der Waals surface area contributed by atoms with Gasteiger partial charge in [-0.1, -0.05) is 6.92 Å². The highest BCUT2D eigenvalue weighted by atomic mass is 16.4. The Labute approximate surface area is 89.1 Å². The lowest BCUT2D eigenvalue weighted by Crippen LogP contribution is -2.44. The highest BCUT2D eigenvalue weighted by molar-refractivity contribution is 5.69. The fraction of sp³-hybridized carbons (Fsp3) is 0.545. The standard InChI is InChI=1S/C11H17NO3/c1-3-11(8(2)12,7-10(13)14)9-5-4-6-15-9/h4-6,8H,3,7,12H2,1-2H3,(H,13,14). The summed E-state index contributed by atoms with van der Waals surface area (Å²) in [6.45, 7) is 3.74. The molecule has 2 unspecified atom stereocenters. The number of aliphatic carboxylic acids is 1. The van der Waals surface area contributed by atoms with Crippen molar-refractivity contribution in [3.05, 3.63) is 24.2 Å². The van der Waals surface area contributed by atoms with Gasteiger partial charge in [0, 0.05) is 6.04 Å². The molecular formula is C11H17NO3. The first-order valence-corrected chi connectivity index (χ1v) is 5.04. The lowest BCUT2D eigenvalue weighted by molar-refractivity contribution is -0.139. The molecule has 0 fully saturated rings. The van der Waals surface area contributed by atoms with Crippen LogP contribution in [-0.2, 0) is 10.2 Å². The summed E-state index contributed by atoms with van der Waals surface area (Å²) in [5, 5.41) is 8.93. The minimum Gasteiger partial charge on any atom is -0.481 e. The van der Waals surface area contributed by atoms with Crippen LogP contribution >= 0.6 is 0 Å². The van der Waals surface area contributed by atoms with Crippen LogP contribution in [0.4, 0.5) is 0 Å². The summed E-state index contributed by atoms with van der Waals surface area (Å²) >= 11 is 0. The van der Waals surface area contributed by atoms with Crippen molar-refractivity contribution in [1.82, 2.24) is 0 Å². The highest BCUT2D eigenvalue weighted by Crippen LogP contribution is 2.34. The Hall–Kier alpha value is -1.29. The molecule has 0 saturated heterocycles. The van der Waals surface area contributed by atoms with Gasteiger partial charge in [-0.3, -0.25) is 4.79 Å². The number of furan rings is 1. The zero-order valence-electron chi connectivity index (χ0n) is 9.06. The summed E-state index contributed by atoms with van der Waals surface area (Å²) in [4.78, 5) is 10.9. The maximum Gasteiger partial charge on any atom is 0.304 e. The van der Waals surface area contributed by atoms with Crippen molar-refractivity contribution in [2.75, 3.05) is 0 Å². The van der Waals surface area contributed by atoms with Crippen molar-refractivity contribution in [3.8, 4) is 0 Å². The number of hydrogen-bond donors (Lipinski definition) is 2. The monoisotopic (exact) mass is 211 g/mol. The molecule has 84 valence electrons. The zero-order chi connectivity index (χ0) is 11.5. The van der Waals surface area contributed by atoms with Crippen LogP contribution in [0.3, 0.4) is 0 Å². The van der Waals surface area contributed by atoms with Crippen LogP contribution in [0.2, 0.25) is 0 Å². The molecule has 1 aromatic rings. The average Bonchev–Trinajstić information content (AvgIpc) is 2.66. The third-order valence-electron chi connectivity index (χ3n) is 2.98. The van der Waals surface area contributed by atoms with Gasteiger partial charge in [0.2, 0.25) is 0 Å². The van der Waals surface area contributed by atoms with E-state index in [2.05, 4.69) is 0 Å². The van der Waals surface area contributed by atoms with Crippen LogP contribution in [-0.4, -0.2) is 17.1 Å². The van der Waals surface area contributed by atoms with E-state index in [0.717, 1.165) is 0 Å². The van der Waals surface area contributed by atoms with E-state index in [4.69, 9.17) is 15.3 Å². The number of hydrogen-bond acceptors (Lipinski definition) is 3. The van der Waals surface area contributed by atoms with E-state index >= 15 is 0 Å². The van der Waals surface area contributed by atoms with E-state index in [-0.39, 0.29) is 12.5 Å². The van der Waals surface area contributed by atoms with Gasteiger partial charge in [-0.15, -0.1) is 0 Å². The minimum absolute atomic E-state index is 0.00528. The Morgan fingerprint density at radius 2 is 2.40 bits per heavy atom. The molecule has 1 aromatic heterocycles. The molecule has 0 spiro atoms. The lowest BCUT2D eigenvalue weighted by atomic mass is 9.74. The number of carbonyl (C=O) groups is 1. The summed E-state index contributed by atoms with van der Waals surface area (Å²) in [5.74, 6) is -0.201. The Morgan fingerprint density at radius 1 is 1.73 bits per heavy atom. The SMILES string of the molecule is CCC(CC(=O)O)(c1ccco1)C(C)N. The predicted octanol–water partition coefficient (Wildman–Crippen LogP) is 1.75. The minimum atomic E-state index is -0.856. The van der Waals surface area contributed by atoms with Crippen molar-refractivity contribution in [2.45, 2.75) is 38.1 Å². The first-order valence-electron chi connectivity index (χ1n) is 5.04. The molecule has 2 atom stereocenters. The van der Waals surface area contributed by atoms with Crippen LogP contribution in [0.1, 0.15) is 32.4 Å². The normalized spacial score (nSPS) is 17.0. The number of carboxylic acids is 1. The molecule has 0 aromatic carbocycles. The smallest absolute Gasteiger partial charge is 0.304 e. The highest BCUT2D eigenvalue weighted by Gasteiger charge is 2.39. The Kier molecular flexibility index (Phi) is 3.52. The summed E-state index contributed by atoms with van der Waals surface area (Å²) in [6, 6.07) is 3.28. The molecule has 4 heteroatoms. The van der Waals surface area contributed by atoms with Gasteiger partial charge in [0.25, 0.3) is 0 Å². The van der Waals surface area contributed by atoms with Crippen LogP contribution in [0.5, 0.6) is 0 Å². The second-order valence-electron chi connectivity index (χ2n) is 3.85. The number of carboxylic acid groups (broad SMARTS) is 1. The van der Waals surface area contributed by atoms with Gasteiger partial charge >= 0.3 is 5.97 Å². The predicted molar refractivity (Wildman–Crippen MR) is 56.6 cm³/mol. The van der Waals surface area contributed by atoms with Gasteiger partial charge in [-0.05, 0) is 25.5 Å². The molecule has 0 aliphatic rings. The molecule has 0 aliphatic carbocycles. The lowest BCUT2D eigenvalue weighted by Gasteiger charge is -2.33. The first-order chi connectivity index (χ1) is 7.03. The van der Waals surface area contributed by atoms with Crippen LogP contribution < -0.4 is 5.73 Å². The van der Waals surface area contributed by atoms with E-state index in [1.165, 1.54) is 0 Å². The van der Waals surface area contributed by atoms with Gasteiger partial charge < -0.3 is 15.3 Å². The summed E-state index contributed by atoms with van der Waals surface area (Å²) in [6.07, 6.45) is 2.18. The average molecular weight is 211 g/mol. The summed E-state index contributed by atoms with van der Waals surface area (Å²) in [7, 11) is 0. The molecule has 0 bridgehead atoms. The van der Waals surface area contributed by atoms with Crippen LogP contribution in [0.15, 0.2) is 22.8 Å². The second kappa shape index (κ2) is 4.49. The Balaban J connectivity index is 3.09. The molecule has 0 radical (unpaired) electrons. The van der Waals surface area contributed by atoms with Crippen molar-refractivity contribution in [2.24, 2.45) is 5.73 Å². The van der Waals surface area contributed by atoms with Gasteiger partial charge in [-0.25, -0.2) is 0 Å². The largest absolute Gasteiger partial charge is 0.481 e. The fourth-order valence-electron chi connectivity index (χ4n) is 1.93. The number of rotatable bonds is 5. The maximum atomic E-state index is 10.9. The number of nitrogens with two attached hydrogens (primary N) is 1. The van der Waals surface area contributed by atoms with E-state index < -0.39 is 11.4 Å². The topological polar surface area (TPSA) is 76.5 Å². The molecule has 4 nitrogen and oxygen atoms in total. The van der Waals surface area contributed by atoms with E-state index in [1.54, 1.807) is 18.4 Å². The van der Waals surface area contributed by atoms with E-state index in [1.807, 2.05) is 13.8 Å². The first kappa shape index (κ1) is 11.8. The molecule has 0 saturated carbocycles. The maximum absolute atomic E-state index is 10.9. The molecule has 1 rings (SSSR count). The molecule has 0 aliphatic heterocycles. The molecule has 1 heterocycles. The van der Waals surface area contributed by atoms with Crippen molar-refractivity contribution in [3.63, 3.8) is 0 Å². The van der Waals surface area contributed by atoms with Gasteiger partial charge in [0.1, 0.15) is 5.76 Å². The van der Waals surface area contributed by atoms with Gasteiger partial charge in [0.15, 0.2) is 0 Å². The van der Waals surface area contributed by atoms with E-state index in [9.17, 15) is 4.79 Å². The third kappa shape index (κ3) is 2.21. The molecule has 0 amide bonds. The van der Waals surface area contributed by atoms with Gasteiger partial charge in [-0.2, -0.15) is 0 Å².